The first kappa shape index (κ1) is 28.9. The van der Waals surface area contributed by atoms with E-state index >= 15 is 0 Å². The highest BCUT2D eigenvalue weighted by Gasteiger charge is 2.27. The Balaban J connectivity index is 1.12. The van der Waals surface area contributed by atoms with Gasteiger partial charge in [-0.1, -0.05) is 5.21 Å². The molecule has 3 aromatic heterocycles. The lowest BCUT2D eigenvalue weighted by atomic mass is 10.3. The molecule has 1 aromatic carbocycles. The van der Waals surface area contributed by atoms with E-state index in [-0.39, 0.29) is 36.5 Å². The molecule has 43 heavy (non-hydrogen) atoms. The number of piperazine rings is 1. The number of halogens is 1. The van der Waals surface area contributed by atoms with Crippen molar-refractivity contribution in [2.24, 2.45) is 5.73 Å². The van der Waals surface area contributed by atoms with Crippen LogP contribution in [0.25, 0.3) is 20.8 Å². The zero-order valence-corrected chi connectivity index (χ0v) is 24.3. The molecule has 13 nitrogen and oxygen atoms in total. The van der Waals surface area contributed by atoms with Crippen LogP contribution in [-0.4, -0.2) is 93.8 Å². The molecule has 1 saturated heterocycles. The Morgan fingerprint density at radius 1 is 1.16 bits per heavy atom. The Kier molecular flexibility index (Phi) is 8.47. The number of benzene rings is 1. The van der Waals surface area contributed by atoms with Gasteiger partial charge in [0, 0.05) is 63.3 Å². The minimum Gasteiger partial charge on any atom is -0.453 e. The molecule has 15 heteroatoms. The highest BCUT2D eigenvalue weighted by Crippen LogP contribution is 2.39. The third kappa shape index (κ3) is 6.74. The van der Waals surface area contributed by atoms with Crippen LogP contribution in [0.5, 0.6) is 11.5 Å². The van der Waals surface area contributed by atoms with Crippen LogP contribution in [0.15, 0.2) is 42.7 Å². The number of nitrogens with zero attached hydrogens (tertiary/aromatic N) is 6. The van der Waals surface area contributed by atoms with E-state index in [0.29, 0.717) is 55.4 Å². The summed E-state index contributed by atoms with van der Waals surface area (Å²) in [4.78, 5) is 33.1. The smallest absolute Gasteiger partial charge is 0.319 e. The molecule has 0 spiro atoms. The Bertz CT molecular complexity index is 1620. The number of hydrogen-bond acceptors (Lipinski definition) is 10. The lowest BCUT2D eigenvalue weighted by molar-refractivity contribution is -0.134. The summed E-state index contributed by atoms with van der Waals surface area (Å²) >= 11 is 1.42. The zero-order valence-electron chi connectivity index (χ0n) is 23.5. The van der Waals surface area contributed by atoms with Crippen molar-refractivity contribution in [2.75, 3.05) is 45.2 Å². The van der Waals surface area contributed by atoms with E-state index in [1.54, 1.807) is 35.0 Å². The van der Waals surface area contributed by atoms with E-state index in [2.05, 4.69) is 30.8 Å². The van der Waals surface area contributed by atoms with Gasteiger partial charge in [-0.15, -0.1) is 16.4 Å². The predicted molar refractivity (Wildman–Crippen MR) is 158 cm³/mol. The van der Waals surface area contributed by atoms with Crippen LogP contribution in [0.3, 0.4) is 0 Å². The van der Waals surface area contributed by atoms with Crippen LogP contribution in [0, 0.1) is 5.82 Å². The van der Waals surface area contributed by atoms with Gasteiger partial charge in [-0.2, -0.15) is 0 Å². The topological polar surface area (TPSA) is 153 Å². The van der Waals surface area contributed by atoms with E-state index in [1.807, 2.05) is 12.3 Å². The highest BCUT2D eigenvalue weighted by molar-refractivity contribution is 7.22. The fourth-order valence-electron chi connectivity index (χ4n) is 4.87. The average molecular weight is 610 g/mol. The molecule has 226 valence electrons. The number of ether oxygens (including phenoxy) is 2. The molecule has 1 atom stereocenters. The number of hydrogen-bond donors (Lipinski definition) is 3. The van der Waals surface area contributed by atoms with E-state index in [0.717, 1.165) is 22.4 Å². The second kappa shape index (κ2) is 12.6. The number of nitrogens with two attached hydrogens (primary N) is 1. The third-order valence-electron chi connectivity index (χ3n) is 7.35. The maximum Gasteiger partial charge on any atom is 0.319 e. The number of rotatable bonds is 10. The molecule has 4 aromatic rings. The van der Waals surface area contributed by atoms with E-state index in [4.69, 9.17) is 15.2 Å². The van der Waals surface area contributed by atoms with Crippen LogP contribution >= 0.6 is 11.3 Å². The second-order valence-electron chi connectivity index (χ2n) is 10.4. The molecule has 0 bridgehead atoms. The molecular weight excluding hydrogens is 577 g/mol. The number of nitrogens with one attached hydrogen (secondary N) is 2. The molecule has 4 N–H and O–H groups in total. The van der Waals surface area contributed by atoms with E-state index in [9.17, 15) is 14.0 Å². The van der Waals surface area contributed by atoms with Crippen molar-refractivity contribution >= 4 is 39.2 Å². The molecule has 3 amide bonds. The van der Waals surface area contributed by atoms with Gasteiger partial charge in [0.1, 0.15) is 17.7 Å². The van der Waals surface area contributed by atoms with Gasteiger partial charge in [-0.05, 0) is 31.0 Å². The largest absolute Gasteiger partial charge is 0.453 e. The maximum absolute atomic E-state index is 14.9. The summed E-state index contributed by atoms with van der Waals surface area (Å²) in [7, 11) is 1.65. The summed E-state index contributed by atoms with van der Waals surface area (Å²) in [5.41, 5.74) is 7.17. The van der Waals surface area contributed by atoms with Crippen LogP contribution in [-0.2, 0) is 16.1 Å². The second-order valence-corrected chi connectivity index (χ2v) is 11.4. The van der Waals surface area contributed by atoms with Crippen LogP contribution in [0.1, 0.15) is 12.8 Å². The standard InChI is InChI=1S/C28H32FN9O4S/c1-41-26(37-10-8-36(9-11-37)25(39)14-30)16-38-15-21(34-35-38)24-13-20-27(43-24)23(6-7-31-20)42-22-5-4-18(12-19(22)29)33-28(40)32-17-2-3-17/h4-7,12-13,15,17,26H,2-3,8-11,14,16,30H2,1H3,(H2,32,33,40). The van der Waals surface area contributed by atoms with Gasteiger partial charge in [0.15, 0.2) is 11.6 Å². The molecule has 1 unspecified atom stereocenters. The summed E-state index contributed by atoms with van der Waals surface area (Å²) in [6.07, 6.45) is 5.13. The normalized spacial score (nSPS) is 16.3. The average Bonchev–Trinajstić information content (AvgIpc) is 3.51. The maximum atomic E-state index is 14.9. The number of methoxy groups -OCH3 is 1. The van der Waals surface area contributed by atoms with Crippen LogP contribution in [0.2, 0.25) is 0 Å². The van der Waals surface area contributed by atoms with Crippen molar-refractivity contribution in [3.8, 4) is 22.1 Å². The Morgan fingerprint density at radius 2 is 1.98 bits per heavy atom. The molecule has 2 aliphatic rings. The molecule has 0 radical (unpaired) electrons. The number of thiophene rings is 1. The Labute approximate surface area is 250 Å². The number of amides is 3. The van der Waals surface area contributed by atoms with Gasteiger partial charge in [0.25, 0.3) is 0 Å². The SMILES string of the molecule is COC(Cn1cc(-c2cc3nccc(Oc4ccc(NC(=O)NC5CC5)cc4F)c3s2)nn1)N1CCN(C(=O)CN)CC1. The minimum absolute atomic E-state index is 0.0135. The van der Waals surface area contributed by atoms with Gasteiger partial charge in [-0.25, -0.2) is 13.9 Å². The fourth-order valence-corrected chi connectivity index (χ4v) is 5.88. The molecule has 1 aliphatic heterocycles. The Morgan fingerprint density at radius 3 is 2.70 bits per heavy atom. The first-order valence-electron chi connectivity index (χ1n) is 14.0. The predicted octanol–water partition coefficient (Wildman–Crippen LogP) is 2.85. The number of fused-ring (bicyclic) bond motifs is 1. The summed E-state index contributed by atoms with van der Waals surface area (Å²) in [5.74, 6) is -0.174. The number of aromatic nitrogens is 4. The van der Waals surface area contributed by atoms with Gasteiger partial charge in [0.05, 0.1) is 34.4 Å². The summed E-state index contributed by atoms with van der Waals surface area (Å²) in [5, 5.41) is 14.1. The highest BCUT2D eigenvalue weighted by atomic mass is 32.1. The van der Waals surface area contributed by atoms with Gasteiger partial charge >= 0.3 is 6.03 Å². The summed E-state index contributed by atoms with van der Waals surface area (Å²) in [6, 6.07) is 7.72. The number of pyridine rings is 1. The van der Waals surface area contributed by atoms with Gasteiger partial charge < -0.3 is 30.7 Å². The van der Waals surface area contributed by atoms with Crippen molar-refractivity contribution in [3.63, 3.8) is 0 Å². The minimum atomic E-state index is -0.603. The molecule has 6 rings (SSSR count). The molecular formula is C28H32FN9O4S. The van der Waals surface area contributed by atoms with Crippen molar-refractivity contribution < 1.29 is 23.5 Å². The molecule has 4 heterocycles. The Hall–Kier alpha value is -4.18. The number of carbonyl (C=O) groups excluding carboxylic acids is 2. The van der Waals surface area contributed by atoms with E-state index < -0.39 is 5.82 Å². The van der Waals surface area contributed by atoms with Crippen LogP contribution in [0.4, 0.5) is 14.9 Å². The first-order chi connectivity index (χ1) is 20.9. The van der Waals surface area contributed by atoms with Crippen molar-refractivity contribution in [1.29, 1.82) is 0 Å². The lowest BCUT2D eigenvalue weighted by Gasteiger charge is -2.38. The number of anilines is 1. The van der Waals surface area contributed by atoms with Crippen LogP contribution < -0.4 is 21.1 Å². The zero-order chi connectivity index (χ0) is 29.9. The van der Waals surface area contributed by atoms with E-state index in [1.165, 1.54) is 23.5 Å². The lowest BCUT2D eigenvalue weighted by Crippen LogP contribution is -2.54. The van der Waals surface area contributed by atoms with Gasteiger partial charge in [-0.3, -0.25) is 14.7 Å². The monoisotopic (exact) mass is 609 g/mol. The molecule has 1 saturated carbocycles. The van der Waals surface area contributed by atoms with Gasteiger partial charge in [0.2, 0.25) is 5.91 Å². The van der Waals surface area contributed by atoms with Crippen molar-refractivity contribution in [3.05, 3.63) is 48.5 Å². The number of urea groups is 1. The fraction of sp³-hybridized carbons (Fsp3) is 0.393. The van der Waals surface area contributed by atoms with Crippen molar-refractivity contribution in [1.82, 2.24) is 35.1 Å². The molecule has 1 aliphatic carbocycles. The number of carbonyl (C=O) groups is 2. The summed E-state index contributed by atoms with van der Waals surface area (Å²) < 4.78 is 29.1. The third-order valence-corrected chi connectivity index (χ3v) is 8.51. The molecule has 2 fully saturated rings. The summed E-state index contributed by atoms with van der Waals surface area (Å²) in [6.45, 7) is 3.01. The van der Waals surface area contributed by atoms with Crippen molar-refractivity contribution in [2.45, 2.75) is 31.7 Å². The quantitative estimate of drug-likeness (QED) is 0.246. The first-order valence-corrected chi connectivity index (χ1v) is 14.8.